The van der Waals surface area contributed by atoms with Crippen molar-refractivity contribution < 1.29 is 19.5 Å². The minimum absolute atomic E-state index is 0.145. The molecular formula is C12H12N2O4. The molecule has 1 aliphatic rings. The Bertz CT molecular complexity index is 495. The molecule has 0 aromatic heterocycles. The second kappa shape index (κ2) is 4.97. The van der Waals surface area contributed by atoms with E-state index in [-0.39, 0.29) is 23.8 Å². The zero-order chi connectivity index (χ0) is 13.1. The van der Waals surface area contributed by atoms with Crippen LogP contribution in [0.25, 0.3) is 0 Å². The third-order valence-corrected chi connectivity index (χ3v) is 2.72. The van der Waals surface area contributed by atoms with Crippen LogP contribution in [0.3, 0.4) is 0 Å². The number of benzene rings is 1. The second-order valence-electron chi connectivity index (χ2n) is 4.05. The molecular weight excluding hydrogens is 236 g/mol. The van der Waals surface area contributed by atoms with Crippen molar-refractivity contribution in [1.29, 1.82) is 0 Å². The number of aromatic carboxylic acids is 1. The first kappa shape index (κ1) is 12.3. The summed E-state index contributed by atoms with van der Waals surface area (Å²) in [6.07, 6.45) is 0.145. The van der Waals surface area contributed by atoms with Crippen LogP contribution in [-0.2, 0) is 16.1 Å². The van der Waals surface area contributed by atoms with Gasteiger partial charge in [0.25, 0.3) is 0 Å². The maximum Gasteiger partial charge on any atom is 0.335 e. The molecule has 1 saturated heterocycles. The van der Waals surface area contributed by atoms with Crippen LogP contribution in [-0.4, -0.2) is 28.9 Å². The number of amides is 2. The molecule has 1 atom stereocenters. The molecule has 1 aromatic rings. The Balaban J connectivity index is 1.92. The molecule has 6 heteroatoms. The smallest absolute Gasteiger partial charge is 0.335 e. The number of carboxylic acid groups (broad SMARTS) is 1. The molecule has 3 N–H and O–H groups in total. The van der Waals surface area contributed by atoms with Crippen molar-refractivity contribution in [3.8, 4) is 0 Å². The second-order valence-corrected chi connectivity index (χ2v) is 4.05. The molecule has 2 rings (SSSR count). The van der Waals surface area contributed by atoms with Gasteiger partial charge in [0.1, 0.15) is 0 Å². The van der Waals surface area contributed by atoms with Crippen LogP contribution in [0.5, 0.6) is 0 Å². The minimum atomic E-state index is -0.977. The number of hydrogen-bond acceptors (Lipinski definition) is 4. The van der Waals surface area contributed by atoms with Gasteiger partial charge in [0.15, 0.2) is 0 Å². The fourth-order valence-corrected chi connectivity index (χ4v) is 1.72. The van der Waals surface area contributed by atoms with Crippen molar-refractivity contribution in [1.82, 2.24) is 10.6 Å². The molecule has 0 bridgehead atoms. The maximum atomic E-state index is 11.3. The first-order valence-electron chi connectivity index (χ1n) is 5.45. The molecule has 94 valence electrons. The number of carbonyl (C=O) groups excluding carboxylic acids is 2. The van der Waals surface area contributed by atoms with Gasteiger partial charge in [-0.05, 0) is 17.7 Å². The lowest BCUT2D eigenvalue weighted by Crippen LogP contribution is -2.35. The van der Waals surface area contributed by atoms with Crippen molar-refractivity contribution in [2.45, 2.75) is 19.0 Å². The van der Waals surface area contributed by atoms with Crippen molar-refractivity contribution in [3.05, 3.63) is 35.4 Å². The summed E-state index contributed by atoms with van der Waals surface area (Å²) in [6, 6.07) is 5.84. The zero-order valence-electron chi connectivity index (χ0n) is 9.47. The van der Waals surface area contributed by atoms with Crippen molar-refractivity contribution in [2.75, 3.05) is 0 Å². The molecule has 18 heavy (non-hydrogen) atoms. The molecule has 2 amide bonds. The summed E-state index contributed by atoms with van der Waals surface area (Å²) in [7, 11) is 0. The Morgan fingerprint density at radius 1 is 1.33 bits per heavy atom. The predicted octanol–water partition coefficient (Wildman–Crippen LogP) is -0.111. The highest BCUT2D eigenvalue weighted by Gasteiger charge is 2.29. The quantitative estimate of drug-likeness (QED) is 0.646. The van der Waals surface area contributed by atoms with E-state index in [9.17, 15) is 14.4 Å². The highest BCUT2D eigenvalue weighted by atomic mass is 16.4. The normalized spacial score (nSPS) is 18.8. The highest BCUT2D eigenvalue weighted by molar-refractivity contribution is 6.05. The Morgan fingerprint density at radius 2 is 2.00 bits per heavy atom. The van der Waals surface area contributed by atoms with Crippen molar-refractivity contribution in [3.63, 3.8) is 0 Å². The Hall–Kier alpha value is -2.21. The Labute approximate surface area is 103 Å². The van der Waals surface area contributed by atoms with Gasteiger partial charge in [-0.25, -0.2) is 4.79 Å². The van der Waals surface area contributed by atoms with E-state index in [0.29, 0.717) is 6.54 Å². The van der Waals surface area contributed by atoms with Gasteiger partial charge in [-0.1, -0.05) is 12.1 Å². The van der Waals surface area contributed by atoms with E-state index in [4.69, 9.17) is 5.11 Å². The lowest BCUT2D eigenvalue weighted by molar-refractivity contribution is -0.125. The first-order valence-corrected chi connectivity index (χ1v) is 5.45. The topological polar surface area (TPSA) is 95.5 Å². The molecule has 0 aliphatic carbocycles. The van der Waals surface area contributed by atoms with E-state index in [1.807, 2.05) is 0 Å². The highest BCUT2D eigenvalue weighted by Crippen LogP contribution is 2.07. The summed E-state index contributed by atoms with van der Waals surface area (Å²) in [5, 5.41) is 13.9. The molecule has 1 unspecified atom stereocenters. The summed E-state index contributed by atoms with van der Waals surface area (Å²) in [6.45, 7) is 0.408. The lowest BCUT2D eigenvalue weighted by atomic mass is 10.1. The van der Waals surface area contributed by atoms with Gasteiger partial charge in [-0.3, -0.25) is 14.9 Å². The van der Waals surface area contributed by atoms with Crippen LogP contribution in [0.4, 0.5) is 0 Å². The molecule has 0 spiro atoms. The van der Waals surface area contributed by atoms with Crippen molar-refractivity contribution in [2.24, 2.45) is 0 Å². The van der Waals surface area contributed by atoms with E-state index in [2.05, 4.69) is 10.6 Å². The standard InChI is InChI=1S/C12H12N2O4/c15-10-5-9(11(16)14-10)13-6-7-1-3-8(4-2-7)12(17)18/h1-4,9,13H,5-6H2,(H,17,18)(H,14,15,16). The van der Waals surface area contributed by atoms with Crippen LogP contribution in [0.2, 0.25) is 0 Å². The van der Waals surface area contributed by atoms with Crippen LogP contribution in [0, 0.1) is 0 Å². The van der Waals surface area contributed by atoms with E-state index in [1.165, 1.54) is 12.1 Å². The van der Waals surface area contributed by atoms with E-state index in [0.717, 1.165) is 5.56 Å². The first-order chi connectivity index (χ1) is 8.56. The molecule has 1 aromatic carbocycles. The van der Waals surface area contributed by atoms with Crippen LogP contribution >= 0.6 is 0 Å². The number of carboxylic acids is 1. The fraction of sp³-hybridized carbons (Fsp3) is 0.250. The minimum Gasteiger partial charge on any atom is -0.478 e. The van der Waals surface area contributed by atoms with E-state index >= 15 is 0 Å². The monoisotopic (exact) mass is 248 g/mol. The number of rotatable bonds is 4. The van der Waals surface area contributed by atoms with Gasteiger partial charge >= 0.3 is 5.97 Å². The fourth-order valence-electron chi connectivity index (χ4n) is 1.72. The largest absolute Gasteiger partial charge is 0.478 e. The summed E-state index contributed by atoms with van der Waals surface area (Å²) in [5.41, 5.74) is 1.07. The predicted molar refractivity (Wildman–Crippen MR) is 61.8 cm³/mol. The van der Waals surface area contributed by atoms with Crippen molar-refractivity contribution >= 4 is 17.8 Å². The molecule has 0 saturated carbocycles. The molecule has 1 heterocycles. The third kappa shape index (κ3) is 2.72. The van der Waals surface area contributed by atoms with Gasteiger partial charge in [0.05, 0.1) is 18.0 Å². The third-order valence-electron chi connectivity index (χ3n) is 2.72. The molecule has 6 nitrogen and oxygen atoms in total. The summed E-state index contributed by atoms with van der Waals surface area (Å²) < 4.78 is 0. The lowest BCUT2D eigenvalue weighted by Gasteiger charge is -2.08. The van der Waals surface area contributed by atoms with Crippen LogP contribution < -0.4 is 10.6 Å². The Morgan fingerprint density at radius 3 is 2.50 bits per heavy atom. The van der Waals surface area contributed by atoms with Gasteiger partial charge < -0.3 is 10.4 Å². The zero-order valence-corrected chi connectivity index (χ0v) is 9.47. The molecule has 0 radical (unpaired) electrons. The maximum absolute atomic E-state index is 11.3. The SMILES string of the molecule is O=C1CC(NCc2ccc(C(=O)O)cc2)C(=O)N1. The van der Waals surface area contributed by atoms with Gasteiger partial charge in [0.2, 0.25) is 11.8 Å². The van der Waals surface area contributed by atoms with Crippen LogP contribution in [0.1, 0.15) is 22.3 Å². The number of imide groups is 1. The average molecular weight is 248 g/mol. The van der Waals surface area contributed by atoms with E-state index < -0.39 is 12.0 Å². The van der Waals surface area contributed by atoms with Crippen LogP contribution in [0.15, 0.2) is 24.3 Å². The molecule has 1 fully saturated rings. The number of hydrogen-bond donors (Lipinski definition) is 3. The van der Waals surface area contributed by atoms with E-state index in [1.54, 1.807) is 12.1 Å². The summed E-state index contributed by atoms with van der Waals surface area (Å²) in [4.78, 5) is 32.9. The average Bonchev–Trinajstić information content (AvgIpc) is 2.66. The summed E-state index contributed by atoms with van der Waals surface area (Å²) >= 11 is 0. The summed E-state index contributed by atoms with van der Waals surface area (Å²) in [5.74, 6) is -1.57. The van der Waals surface area contributed by atoms with Gasteiger partial charge in [0, 0.05) is 6.54 Å². The van der Waals surface area contributed by atoms with Gasteiger partial charge in [-0.15, -0.1) is 0 Å². The number of nitrogens with one attached hydrogen (secondary N) is 2. The number of carbonyl (C=O) groups is 3. The molecule has 1 aliphatic heterocycles. The Kier molecular flexibility index (Phi) is 3.38. The van der Waals surface area contributed by atoms with Gasteiger partial charge in [-0.2, -0.15) is 0 Å².